The van der Waals surface area contributed by atoms with Crippen molar-refractivity contribution in [3.05, 3.63) is 69.8 Å². The fourth-order valence-corrected chi connectivity index (χ4v) is 3.38. The Labute approximate surface area is 146 Å². The summed E-state index contributed by atoms with van der Waals surface area (Å²) < 4.78 is 0. The minimum absolute atomic E-state index is 0.0149. The van der Waals surface area contributed by atoms with Crippen molar-refractivity contribution in [2.24, 2.45) is 5.92 Å². The number of aliphatic hydroxyl groups excluding tert-OH is 1. The molecule has 0 aliphatic carbocycles. The molecule has 6 heteroatoms. The summed E-state index contributed by atoms with van der Waals surface area (Å²) in [6.45, 7) is 1.23. The van der Waals surface area contributed by atoms with Gasteiger partial charge in [-0.25, -0.2) is 0 Å². The van der Waals surface area contributed by atoms with Crippen LogP contribution in [0.25, 0.3) is 0 Å². The number of aliphatic hydroxyl groups is 1. The van der Waals surface area contributed by atoms with Gasteiger partial charge in [-0.1, -0.05) is 30.3 Å². The largest absolute Gasteiger partial charge is 0.388 e. The number of rotatable bonds is 4. The van der Waals surface area contributed by atoms with Crippen molar-refractivity contribution >= 4 is 11.4 Å². The van der Waals surface area contributed by atoms with E-state index < -0.39 is 11.0 Å². The standard InChI is InChI=1S/C19H19N3O3/c20-13-14-6-7-17(22(24)25)18(12-14)21-10-8-16(9-11-21)19(23)15-4-2-1-3-5-15/h1-7,12,16,19,23H,8-11H2. The first-order valence-corrected chi connectivity index (χ1v) is 8.26. The summed E-state index contributed by atoms with van der Waals surface area (Å²) in [5, 5.41) is 30.9. The molecule has 0 spiro atoms. The Kier molecular flexibility index (Phi) is 4.96. The third kappa shape index (κ3) is 3.62. The molecule has 25 heavy (non-hydrogen) atoms. The lowest BCUT2D eigenvalue weighted by atomic mass is 9.87. The van der Waals surface area contributed by atoms with E-state index in [-0.39, 0.29) is 11.6 Å². The number of nitro benzene ring substituents is 1. The number of nitriles is 1. The Balaban J connectivity index is 1.74. The molecule has 1 heterocycles. The molecule has 0 saturated carbocycles. The molecule has 1 aliphatic heterocycles. The van der Waals surface area contributed by atoms with Crippen LogP contribution < -0.4 is 4.90 Å². The molecule has 0 bridgehead atoms. The predicted octanol–water partition coefficient (Wildman–Crippen LogP) is 3.42. The minimum Gasteiger partial charge on any atom is -0.388 e. The summed E-state index contributed by atoms with van der Waals surface area (Å²) in [6, 6.07) is 16.0. The van der Waals surface area contributed by atoms with Gasteiger partial charge in [-0.15, -0.1) is 0 Å². The number of anilines is 1. The van der Waals surface area contributed by atoms with Crippen LogP contribution in [0.4, 0.5) is 11.4 Å². The van der Waals surface area contributed by atoms with Gasteiger partial charge < -0.3 is 10.0 Å². The predicted molar refractivity (Wildman–Crippen MR) is 94.2 cm³/mol. The van der Waals surface area contributed by atoms with Gasteiger partial charge >= 0.3 is 0 Å². The number of hydrogen-bond acceptors (Lipinski definition) is 5. The molecule has 0 amide bonds. The molecular weight excluding hydrogens is 318 g/mol. The Morgan fingerprint density at radius 3 is 2.48 bits per heavy atom. The third-order valence-electron chi connectivity index (χ3n) is 4.77. The SMILES string of the molecule is N#Cc1ccc([N+](=O)[O-])c(N2CCC(C(O)c3ccccc3)CC2)c1. The molecule has 1 aliphatic rings. The van der Waals surface area contributed by atoms with E-state index in [1.165, 1.54) is 12.1 Å². The van der Waals surface area contributed by atoms with E-state index in [1.807, 2.05) is 41.3 Å². The van der Waals surface area contributed by atoms with Crippen LogP contribution in [0.2, 0.25) is 0 Å². The van der Waals surface area contributed by atoms with Crippen LogP contribution in [0, 0.1) is 27.4 Å². The van der Waals surface area contributed by atoms with Gasteiger partial charge in [-0.05, 0) is 36.5 Å². The normalized spacial score (nSPS) is 16.2. The van der Waals surface area contributed by atoms with Crippen molar-refractivity contribution in [2.75, 3.05) is 18.0 Å². The lowest BCUT2D eigenvalue weighted by Crippen LogP contribution is -2.36. The molecule has 0 aromatic heterocycles. The van der Waals surface area contributed by atoms with Crippen molar-refractivity contribution in [2.45, 2.75) is 18.9 Å². The lowest BCUT2D eigenvalue weighted by Gasteiger charge is -2.35. The van der Waals surface area contributed by atoms with E-state index in [0.717, 1.165) is 18.4 Å². The average molecular weight is 337 g/mol. The molecule has 2 aromatic carbocycles. The zero-order valence-electron chi connectivity index (χ0n) is 13.7. The van der Waals surface area contributed by atoms with Gasteiger partial charge in [-0.2, -0.15) is 5.26 Å². The summed E-state index contributed by atoms with van der Waals surface area (Å²) in [7, 11) is 0. The van der Waals surface area contributed by atoms with Gasteiger partial charge in [0, 0.05) is 19.2 Å². The van der Waals surface area contributed by atoms with Crippen molar-refractivity contribution in [1.29, 1.82) is 5.26 Å². The molecule has 2 aromatic rings. The zero-order chi connectivity index (χ0) is 17.8. The molecule has 128 valence electrons. The molecule has 1 fully saturated rings. The van der Waals surface area contributed by atoms with Crippen LogP contribution in [0.15, 0.2) is 48.5 Å². The van der Waals surface area contributed by atoms with Gasteiger partial charge in [0.25, 0.3) is 5.69 Å². The van der Waals surface area contributed by atoms with Gasteiger partial charge in [0.15, 0.2) is 0 Å². The molecular formula is C19H19N3O3. The third-order valence-corrected chi connectivity index (χ3v) is 4.77. The zero-order valence-corrected chi connectivity index (χ0v) is 13.7. The van der Waals surface area contributed by atoms with Crippen molar-refractivity contribution in [1.82, 2.24) is 0 Å². The van der Waals surface area contributed by atoms with E-state index in [4.69, 9.17) is 5.26 Å². The lowest BCUT2D eigenvalue weighted by molar-refractivity contribution is -0.384. The van der Waals surface area contributed by atoms with Crippen molar-refractivity contribution in [3.63, 3.8) is 0 Å². The van der Waals surface area contributed by atoms with Gasteiger partial charge in [-0.3, -0.25) is 10.1 Å². The second kappa shape index (κ2) is 7.32. The van der Waals surface area contributed by atoms with E-state index >= 15 is 0 Å². The molecule has 6 nitrogen and oxygen atoms in total. The average Bonchev–Trinajstić information content (AvgIpc) is 2.67. The number of piperidine rings is 1. The summed E-state index contributed by atoms with van der Waals surface area (Å²) in [6.07, 6.45) is 0.956. The van der Waals surface area contributed by atoms with Crippen LogP contribution in [-0.4, -0.2) is 23.1 Å². The van der Waals surface area contributed by atoms with Crippen LogP contribution in [0.3, 0.4) is 0 Å². The Morgan fingerprint density at radius 1 is 1.20 bits per heavy atom. The maximum atomic E-state index is 11.3. The second-order valence-electron chi connectivity index (χ2n) is 6.25. The molecule has 3 rings (SSSR count). The summed E-state index contributed by atoms with van der Waals surface area (Å²) in [5.41, 5.74) is 1.81. The van der Waals surface area contributed by atoms with Crippen LogP contribution >= 0.6 is 0 Å². The molecule has 0 radical (unpaired) electrons. The van der Waals surface area contributed by atoms with E-state index in [1.54, 1.807) is 6.07 Å². The Morgan fingerprint density at radius 2 is 1.88 bits per heavy atom. The van der Waals surface area contributed by atoms with Crippen LogP contribution in [0.5, 0.6) is 0 Å². The highest BCUT2D eigenvalue weighted by molar-refractivity contribution is 5.66. The molecule has 1 atom stereocenters. The summed E-state index contributed by atoms with van der Waals surface area (Å²) in [5.74, 6) is 0.122. The molecule has 1 N–H and O–H groups in total. The Bertz CT molecular complexity index is 793. The van der Waals surface area contributed by atoms with E-state index in [0.29, 0.717) is 24.3 Å². The monoisotopic (exact) mass is 337 g/mol. The fourth-order valence-electron chi connectivity index (χ4n) is 3.38. The quantitative estimate of drug-likeness (QED) is 0.682. The first-order chi connectivity index (χ1) is 12.1. The first-order valence-electron chi connectivity index (χ1n) is 8.26. The first kappa shape index (κ1) is 16.9. The topological polar surface area (TPSA) is 90.4 Å². The van der Waals surface area contributed by atoms with E-state index in [2.05, 4.69) is 0 Å². The smallest absolute Gasteiger partial charge is 0.292 e. The van der Waals surface area contributed by atoms with Crippen molar-refractivity contribution in [3.8, 4) is 6.07 Å². The highest BCUT2D eigenvalue weighted by Crippen LogP contribution is 2.36. The van der Waals surface area contributed by atoms with Crippen molar-refractivity contribution < 1.29 is 10.0 Å². The maximum absolute atomic E-state index is 11.3. The van der Waals surface area contributed by atoms with Gasteiger partial charge in [0.1, 0.15) is 5.69 Å². The molecule has 1 saturated heterocycles. The van der Waals surface area contributed by atoms with Gasteiger partial charge in [0.05, 0.1) is 22.7 Å². The maximum Gasteiger partial charge on any atom is 0.292 e. The second-order valence-corrected chi connectivity index (χ2v) is 6.25. The number of benzene rings is 2. The Hall–Kier alpha value is -2.91. The fraction of sp³-hybridized carbons (Fsp3) is 0.316. The van der Waals surface area contributed by atoms with Crippen LogP contribution in [0.1, 0.15) is 30.1 Å². The van der Waals surface area contributed by atoms with E-state index in [9.17, 15) is 15.2 Å². The molecule has 1 unspecified atom stereocenters. The number of hydrogen-bond donors (Lipinski definition) is 1. The summed E-state index contributed by atoms with van der Waals surface area (Å²) >= 11 is 0. The number of nitrogens with zero attached hydrogens (tertiary/aromatic N) is 3. The number of nitro groups is 1. The van der Waals surface area contributed by atoms with Gasteiger partial charge in [0.2, 0.25) is 0 Å². The minimum atomic E-state index is -0.524. The van der Waals surface area contributed by atoms with Crippen LogP contribution in [-0.2, 0) is 0 Å². The summed E-state index contributed by atoms with van der Waals surface area (Å²) in [4.78, 5) is 12.8. The highest BCUT2D eigenvalue weighted by Gasteiger charge is 2.29. The highest BCUT2D eigenvalue weighted by atomic mass is 16.6.